The SMILES string of the molecule is C=C/C=C\C(=C/C)C(CN1CC[C@H](O)C1)N(C)C(=O)C(C(/C=C\C)=C/C)c1ccccc1. The number of benzene rings is 1. The van der Waals surface area contributed by atoms with Gasteiger partial charge >= 0.3 is 0 Å². The second-order valence-corrected chi connectivity index (χ2v) is 8.18. The van der Waals surface area contributed by atoms with Gasteiger partial charge in [-0.2, -0.15) is 0 Å². The number of carbonyl (C=O) groups is 1. The molecule has 2 unspecified atom stereocenters. The first-order valence-corrected chi connectivity index (χ1v) is 11.4. The predicted octanol–water partition coefficient (Wildman–Crippen LogP) is 4.87. The molecule has 1 aliphatic rings. The summed E-state index contributed by atoms with van der Waals surface area (Å²) >= 11 is 0. The molecule has 1 N–H and O–H groups in total. The molecule has 2 rings (SSSR count). The number of aliphatic hydroxyl groups excluding tert-OH is 1. The highest BCUT2D eigenvalue weighted by molar-refractivity contribution is 5.88. The number of hydrogen-bond donors (Lipinski definition) is 1. The van der Waals surface area contributed by atoms with E-state index < -0.39 is 0 Å². The number of hydrogen-bond acceptors (Lipinski definition) is 3. The van der Waals surface area contributed by atoms with Crippen LogP contribution in [0.5, 0.6) is 0 Å². The number of amides is 1. The minimum absolute atomic E-state index is 0.0542. The van der Waals surface area contributed by atoms with Crippen molar-refractivity contribution in [1.82, 2.24) is 9.80 Å². The molecule has 0 aromatic heterocycles. The third-order valence-corrected chi connectivity index (χ3v) is 6.04. The summed E-state index contributed by atoms with van der Waals surface area (Å²) < 4.78 is 0. The summed E-state index contributed by atoms with van der Waals surface area (Å²) in [4.78, 5) is 18.1. The number of rotatable bonds is 10. The number of β-amino-alcohol motifs (C(OH)–C–C–N with tert-alkyl or cyclic N) is 1. The van der Waals surface area contributed by atoms with E-state index in [1.807, 2.05) is 93.4 Å². The Bertz CT molecular complexity index is 867. The molecule has 0 radical (unpaired) electrons. The summed E-state index contributed by atoms with van der Waals surface area (Å²) in [5, 5.41) is 10.0. The zero-order valence-electron chi connectivity index (χ0n) is 19.9. The molecule has 1 fully saturated rings. The van der Waals surface area contributed by atoms with Crippen LogP contribution in [-0.2, 0) is 4.79 Å². The van der Waals surface area contributed by atoms with Crippen molar-refractivity contribution in [2.24, 2.45) is 0 Å². The van der Waals surface area contributed by atoms with Crippen molar-refractivity contribution in [2.45, 2.75) is 45.3 Å². The van der Waals surface area contributed by atoms with Crippen molar-refractivity contribution in [3.05, 3.63) is 96.2 Å². The Balaban J connectivity index is 2.45. The van der Waals surface area contributed by atoms with Crippen LogP contribution in [0.2, 0.25) is 0 Å². The fourth-order valence-electron chi connectivity index (χ4n) is 4.28. The summed E-state index contributed by atoms with van der Waals surface area (Å²) in [5.41, 5.74) is 3.02. The van der Waals surface area contributed by atoms with Crippen molar-refractivity contribution in [3.63, 3.8) is 0 Å². The van der Waals surface area contributed by atoms with Crippen LogP contribution in [0.25, 0.3) is 0 Å². The molecular weight excluding hydrogens is 396 g/mol. The highest BCUT2D eigenvalue weighted by atomic mass is 16.3. The van der Waals surface area contributed by atoms with Gasteiger partial charge in [-0.25, -0.2) is 0 Å². The highest BCUT2D eigenvalue weighted by Gasteiger charge is 2.33. The zero-order valence-corrected chi connectivity index (χ0v) is 19.9. The molecule has 0 saturated carbocycles. The molecule has 0 aliphatic carbocycles. The summed E-state index contributed by atoms with van der Waals surface area (Å²) in [7, 11) is 1.89. The quantitative estimate of drug-likeness (QED) is 0.534. The van der Waals surface area contributed by atoms with E-state index >= 15 is 0 Å². The molecule has 1 aromatic rings. The fourth-order valence-corrected chi connectivity index (χ4v) is 4.28. The van der Waals surface area contributed by atoms with E-state index in [9.17, 15) is 9.90 Å². The zero-order chi connectivity index (χ0) is 23.5. The van der Waals surface area contributed by atoms with E-state index in [2.05, 4.69) is 17.6 Å². The first-order chi connectivity index (χ1) is 15.5. The molecule has 4 heteroatoms. The number of aliphatic hydroxyl groups is 1. The van der Waals surface area contributed by atoms with Gasteiger partial charge in [-0.05, 0) is 43.9 Å². The molecule has 172 valence electrons. The molecule has 0 bridgehead atoms. The maximum atomic E-state index is 14.0. The smallest absolute Gasteiger partial charge is 0.234 e. The van der Waals surface area contributed by atoms with Gasteiger partial charge < -0.3 is 10.0 Å². The van der Waals surface area contributed by atoms with Crippen molar-refractivity contribution in [3.8, 4) is 0 Å². The van der Waals surface area contributed by atoms with Crippen LogP contribution in [0.3, 0.4) is 0 Å². The van der Waals surface area contributed by atoms with Gasteiger partial charge in [0.15, 0.2) is 0 Å². The highest BCUT2D eigenvalue weighted by Crippen LogP contribution is 2.29. The van der Waals surface area contributed by atoms with Crippen molar-refractivity contribution < 1.29 is 9.90 Å². The Labute approximate surface area is 193 Å². The van der Waals surface area contributed by atoms with Crippen LogP contribution < -0.4 is 0 Å². The van der Waals surface area contributed by atoms with Gasteiger partial charge in [-0.15, -0.1) is 0 Å². The summed E-state index contributed by atoms with van der Waals surface area (Å²) in [6.07, 6.45) is 14.2. The van der Waals surface area contributed by atoms with Crippen molar-refractivity contribution >= 4 is 5.91 Å². The first-order valence-electron chi connectivity index (χ1n) is 11.4. The normalized spacial score (nSPS) is 20.1. The van der Waals surface area contributed by atoms with Gasteiger partial charge in [-0.1, -0.05) is 79.4 Å². The van der Waals surface area contributed by atoms with E-state index in [4.69, 9.17) is 0 Å². The molecule has 1 aromatic carbocycles. The van der Waals surface area contributed by atoms with Crippen LogP contribution in [0.1, 0.15) is 38.7 Å². The van der Waals surface area contributed by atoms with E-state index in [-0.39, 0.29) is 24.0 Å². The molecule has 1 amide bonds. The maximum absolute atomic E-state index is 14.0. The third-order valence-electron chi connectivity index (χ3n) is 6.04. The molecule has 3 atom stereocenters. The lowest BCUT2D eigenvalue weighted by atomic mass is 9.88. The first kappa shape index (κ1) is 25.6. The molecule has 4 nitrogen and oxygen atoms in total. The lowest BCUT2D eigenvalue weighted by Gasteiger charge is -2.35. The van der Waals surface area contributed by atoms with E-state index in [0.29, 0.717) is 13.1 Å². The number of allylic oxidation sites excluding steroid dienone is 6. The van der Waals surface area contributed by atoms with Crippen LogP contribution in [0.4, 0.5) is 0 Å². The van der Waals surface area contributed by atoms with Gasteiger partial charge in [0.1, 0.15) is 0 Å². The average Bonchev–Trinajstić information content (AvgIpc) is 3.23. The lowest BCUT2D eigenvalue weighted by Crippen LogP contribution is -2.47. The molecule has 32 heavy (non-hydrogen) atoms. The van der Waals surface area contributed by atoms with Crippen molar-refractivity contribution in [2.75, 3.05) is 26.7 Å². The van der Waals surface area contributed by atoms with E-state index in [1.165, 1.54) is 0 Å². The van der Waals surface area contributed by atoms with Crippen LogP contribution in [-0.4, -0.2) is 59.6 Å². The molecule has 1 aliphatic heterocycles. The summed E-state index contributed by atoms with van der Waals surface area (Å²) in [6.45, 7) is 11.9. The second-order valence-electron chi connectivity index (χ2n) is 8.18. The van der Waals surface area contributed by atoms with Crippen LogP contribution >= 0.6 is 0 Å². The lowest BCUT2D eigenvalue weighted by molar-refractivity contribution is -0.132. The number of likely N-dealkylation sites (tertiary alicyclic amines) is 1. The minimum Gasteiger partial charge on any atom is -0.392 e. The molecular formula is C28H38N2O2. The number of likely N-dealkylation sites (N-methyl/N-ethyl adjacent to an activating group) is 1. The summed E-state index contributed by atoms with van der Waals surface area (Å²) in [6, 6.07) is 9.83. The standard InChI is InChI=1S/C28H38N2O2/c1-6-10-15-22(8-3)26(21-30-19-18-25(31)20-30)29(5)28(32)27(23(9-4)14-7-2)24-16-12-11-13-17-24/h6-17,25-27,31H,1,18-21H2,2-5H3/b14-7-,15-10-,22-8+,23-9+/t25-,26?,27?/m0/s1. The molecule has 0 spiro atoms. The molecule has 1 saturated heterocycles. The number of carbonyl (C=O) groups excluding carboxylic acids is 1. The predicted molar refractivity (Wildman–Crippen MR) is 134 cm³/mol. The van der Waals surface area contributed by atoms with Gasteiger partial charge in [-0.3, -0.25) is 9.69 Å². The topological polar surface area (TPSA) is 43.8 Å². The van der Waals surface area contributed by atoms with Gasteiger partial charge in [0.2, 0.25) is 5.91 Å². The van der Waals surface area contributed by atoms with Gasteiger partial charge in [0.05, 0.1) is 18.1 Å². The van der Waals surface area contributed by atoms with Crippen molar-refractivity contribution in [1.29, 1.82) is 0 Å². The van der Waals surface area contributed by atoms with Crippen LogP contribution in [0, 0.1) is 0 Å². The Morgan fingerprint density at radius 1 is 1.19 bits per heavy atom. The maximum Gasteiger partial charge on any atom is 0.234 e. The third kappa shape index (κ3) is 6.65. The van der Waals surface area contributed by atoms with E-state index in [0.717, 1.165) is 29.7 Å². The Kier molecular flexibility index (Phi) is 10.4. The largest absolute Gasteiger partial charge is 0.392 e. The number of nitrogens with zero attached hydrogens (tertiary/aromatic N) is 2. The van der Waals surface area contributed by atoms with Crippen LogP contribution in [0.15, 0.2) is 90.6 Å². The van der Waals surface area contributed by atoms with Gasteiger partial charge in [0, 0.05) is 26.7 Å². The molecule has 1 heterocycles. The monoisotopic (exact) mass is 434 g/mol. The van der Waals surface area contributed by atoms with E-state index in [1.54, 1.807) is 6.08 Å². The second kappa shape index (κ2) is 13.0. The Morgan fingerprint density at radius 3 is 2.41 bits per heavy atom. The fraction of sp³-hybridized carbons (Fsp3) is 0.393. The van der Waals surface area contributed by atoms with Gasteiger partial charge in [0.25, 0.3) is 0 Å². The Hall–Kier alpha value is -2.69. The average molecular weight is 435 g/mol. The summed E-state index contributed by atoms with van der Waals surface area (Å²) in [5.74, 6) is -0.325. The minimum atomic E-state index is -0.379. The Morgan fingerprint density at radius 2 is 1.88 bits per heavy atom.